The minimum absolute atomic E-state index is 0. The van der Waals surface area contributed by atoms with E-state index in [1.54, 1.807) is 12.1 Å². The second-order valence-corrected chi connectivity index (χ2v) is 12.9. The molecular weight excluding hydrogens is 745 g/mol. The maximum atomic E-state index is 11.7. The van der Waals surface area contributed by atoms with Crippen molar-refractivity contribution >= 4 is 49.4 Å². The van der Waals surface area contributed by atoms with E-state index in [4.69, 9.17) is 16.3 Å². The van der Waals surface area contributed by atoms with Crippen molar-refractivity contribution in [1.82, 2.24) is 9.97 Å². The smallest absolute Gasteiger partial charge is 0.216 e. The van der Waals surface area contributed by atoms with Gasteiger partial charge in [0.05, 0.1) is 11.3 Å². The fraction of sp³-hybridized carbons (Fsp3) is 0.432. The summed E-state index contributed by atoms with van der Waals surface area (Å²) in [6.45, 7) is 11.4. The van der Waals surface area contributed by atoms with E-state index < -0.39 is 18.6 Å². The second kappa shape index (κ2) is 15.4. The Morgan fingerprint density at radius 3 is 2.39 bits per heavy atom. The number of hydrogen-bond acceptors (Lipinski definition) is 6. The van der Waals surface area contributed by atoms with E-state index in [0.29, 0.717) is 21.7 Å². The van der Waals surface area contributed by atoms with Crippen LogP contribution in [0.4, 0.5) is 0 Å². The molecule has 4 aromatic heterocycles. The summed E-state index contributed by atoms with van der Waals surface area (Å²) in [5, 5.41) is 12.2. The van der Waals surface area contributed by atoms with Gasteiger partial charge in [-0.05, 0) is 68.2 Å². The molecule has 0 unspecified atom stereocenters. The summed E-state index contributed by atoms with van der Waals surface area (Å²) in [5.74, 6) is 0.547. The van der Waals surface area contributed by atoms with Crippen LogP contribution in [0.1, 0.15) is 91.6 Å². The first kappa shape index (κ1) is 28.6. The SMILES string of the molecule is CCC(CC)C(=O)/C=C(\O)C(CC)CC.[2H]C([2H])([2H])c1ccc2c(n1)oc1c(-c3ccc4cc(C([2H])([2H])C(C)(C)C)sc4n3)[c-]ccc12.[Ir]. The van der Waals surface area contributed by atoms with Crippen molar-refractivity contribution < 1.29 is 41.3 Å². The maximum absolute atomic E-state index is 11.7. The topological polar surface area (TPSA) is 76.2 Å². The fourth-order valence-corrected chi connectivity index (χ4v) is 6.22. The van der Waals surface area contributed by atoms with Gasteiger partial charge in [0.1, 0.15) is 4.83 Å². The van der Waals surface area contributed by atoms with Gasteiger partial charge in [-0.15, -0.1) is 29.5 Å². The molecule has 0 saturated heterocycles. The fourth-order valence-electron chi connectivity index (χ4n) is 5.08. The van der Waals surface area contributed by atoms with Crippen molar-refractivity contribution in [1.29, 1.82) is 0 Å². The Morgan fingerprint density at radius 1 is 1.05 bits per heavy atom. The van der Waals surface area contributed by atoms with Crippen LogP contribution in [0.25, 0.3) is 43.5 Å². The van der Waals surface area contributed by atoms with E-state index >= 15 is 0 Å². The summed E-state index contributed by atoms with van der Waals surface area (Å²) < 4.78 is 46.0. The summed E-state index contributed by atoms with van der Waals surface area (Å²) >= 11 is 1.35. The second-order valence-electron chi connectivity index (χ2n) is 11.8. The number of ketones is 1. The number of pyridine rings is 2. The minimum atomic E-state index is -2.32. The molecule has 7 heteroatoms. The van der Waals surface area contributed by atoms with Crippen molar-refractivity contribution in [3.63, 3.8) is 0 Å². The molecule has 0 aliphatic rings. The van der Waals surface area contributed by atoms with Crippen LogP contribution in [0.15, 0.2) is 58.7 Å². The van der Waals surface area contributed by atoms with E-state index in [-0.39, 0.29) is 54.9 Å². The van der Waals surface area contributed by atoms with E-state index in [1.807, 2.05) is 72.7 Å². The molecule has 1 aromatic carbocycles. The van der Waals surface area contributed by atoms with Crippen molar-refractivity contribution in [2.24, 2.45) is 17.3 Å². The summed E-state index contributed by atoms with van der Waals surface area (Å²) in [5.41, 5.74) is 1.53. The standard InChI is InChI=1S/C24H21N2OS.C13H24O2.Ir/c1-14-8-10-18-17-6-5-7-19(21(17)27-22(18)25-14)20-11-9-15-12-16(13-24(2,3)4)28-23(15)26-20;1-5-10(6-2)12(14)9-13(15)11(7-3)8-4;/h5-6,8-12H,13H2,1-4H3;9-11,14H,5-8H2,1-4H3;/q-1;;/b;12-9-;/i1D3,13D2;;. The predicted molar refractivity (Wildman–Crippen MR) is 181 cm³/mol. The van der Waals surface area contributed by atoms with Crippen LogP contribution >= 0.6 is 11.3 Å². The molecular formula is C37H45IrN2O3S-. The van der Waals surface area contributed by atoms with Crippen molar-refractivity contribution in [2.45, 2.75) is 87.4 Å². The number of furan rings is 1. The molecule has 5 aromatic rings. The molecule has 5 rings (SSSR count). The van der Waals surface area contributed by atoms with Gasteiger partial charge < -0.3 is 9.52 Å². The number of allylic oxidation sites excluding steroid dienone is 2. The first-order chi connectivity index (χ1) is 22.5. The van der Waals surface area contributed by atoms with Crippen LogP contribution in [0.3, 0.4) is 0 Å². The Bertz CT molecular complexity index is 1930. The Kier molecular flexibility index (Phi) is 10.0. The summed E-state index contributed by atoms with van der Waals surface area (Å²) in [4.78, 5) is 22.1. The molecule has 44 heavy (non-hydrogen) atoms. The molecule has 0 fully saturated rings. The number of hydrogen-bond donors (Lipinski definition) is 1. The zero-order valence-electron chi connectivity index (χ0n) is 31.5. The van der Waals surface area contributed by atoms with Gasteiger partial charge in [0.25, 0.3) is 0 Å². The average molecular weight is 795 g/mol. The van der Waals surface area contributed by atoms with Crippen LogP contribution in [0, 0.1) is 30.2 Å². The van der Waals surface area contributed by atoms with Crippen LogP contribution in [0.5, 0.6) is 0 Å². The largest absolute Gasteiger partial charge is 0.512 e. The number of aliphatic hydroxyl groups is 1. The number of fused-ring (bicyclic) bond motifs is 4. The van der Waals surface area contributed by atoms with Gasteiger partial charge >= 0.3 is 0 Å². The molecule has 5 nitrogen and oxygen atoms in total. The van der Waals surface area contributed by atoms with E-state index in [9.17, 15) is 9.90 Å². The number of carbonyl (C=O) groups is 1. The van der Waals surface area contributed by atoms with Crippen LogP contribution in [-0.4, -0.2) is 20.9 Å². The van der Waals surface area contributed by atoms with Crippen LogP contribution < -0.4 is 0 Å². The monoisotopic (exact) mass is 795 g/mol. The van der Waals surface area contributed by atoms with Gasteiger partial charge in [0.2, 0.25) is 5.71 Å². The molecule has 0 aliphatic carbocycles. The predicted octanol–water partition coefficient (Wildman–Crippen LogP) is 10.8. The van der Waals surface area contributed by atoms with Gasteiger partial charge in [-0.3, -0.25) is 9.78 Å². The third-order valence-corrected chi connectivity index (χ3v) is 8.48. The molecule has 0 atom stereocenters. The minimum Gasteiger partial charge on any atom is -0.512 e. The normalized spacial score (nSPS) is 14.5. The molecule has 1 radical (unpaired) electrons. The Labute approximate surface area is 286 Å². The first-order valence-electron chi connectivity index (χ1n) is 17.6. The first-order valence-corrected chi connectivity index (χ1v) is 15.9. The van der Waals surface area contributed by atoms with Crippen LogP contribution in [0.2, 0.25) is 0 Å². The number of thiophene rings is 1. The van der Waals surface area contributed by atoms with Crippen molar-refractivity contribution in [3.8, 4) is 11.3 Å². The zero-order valence-corrected chi connectivity index (χ0v) is 29.7. The molecule has 237 valence electrons. The number of benzene rings is 1. The van der Waals surface area contributed by atoms with Gasteiger partial charge in [0.15, 0.2) is 5.78 Å². The van der Waals surface area contributed by atoms with E-state index in [2.05, 4.69) is 11.1 Å². The van der Waals surface area contributed by atoms with Crippen molar-refractivity contribution in [3.05, 3.63) is 70.9 Å². The molecule has 0 saturated carbocycles. The molecule has 4 heterocycles. The number of aliphatic hydroxyl groups excluding tert-OH is 1. The Balaban J connectivity index is 0.000000347. The molecule has 0 amide bonds. The quantitative estimate of drug-likeness (QED) is 0.0914. The summed E-state index contributed by atoms with van der Waals surface area (Å²) in [6.07, 6.45) is 3.42. The third-order valence-electron chi connectivity index (χ3n) is 7.52. The molecule has 1 N–H and O–H groups in total. The average Bonchev–Trinajstić information content (AvgIpc) is 3.63. The molecule has 0 bridgehead atoms. The number of nitrogens with zero attached hydrogens (tertiary/aromatic N) is 2. The number of aryl methyl sites for hydroxylation is 1. The van der Waals surface area contributed by atoms with Gasteiger partial charge in [-0.25, -0.2) is 4.98 Å². The van der Waals surface area contributed by atoms with Crippen LogP contribution in [-0.2, 0) is 31.3 Å². The number of aromatic nitrogens is 2. The molecule has 0 spiro atoms. The van der Waals surface area contributed by atoms with E-state index in [0.717, 1.165) is 46.7 Å². The van der Waals surface area contributed by atoms with E-state index in [1.165, 1.54) is 23.5 Å². The Hall–Kier alpha value is -2.86. The number of rotatable bonds is 9. The van der Waals surface area contributed by atoms with Gasteiger partial charge in [-0.2, -0.15) is 0 Å². The third kappa shape index (κ3) is 8.44. The maximum Gasteiger partial charge on any atom is 0.216 e. The van der Waals surface area contributed by atoms with Gasteiger partial charge in [-0.1, -0.05) is 71.5 Å². The zero-order chi connectivity index (χ0) is 35.6. The summed E-state index contributed by atoms with van der Waals surface area (Å²) in [6, 6.07) is 15.7. The van der Waals surface area contributed by atoms with Gasteiger partial charge in [0, 0.05) is 66.2 Å². The number of carbonyl (C=O) groups excluding carboxylic acids is 1. The Morgan fingerprint density at radius 2 is 1.75 bits per heavy atom. The van der Waals surface area contributed by atoms with Crippen molar-refractivity contribution in [2.75, 3.05) is 0 Å². The summed E-state index contributed by atoms with van der Waals surface area (Å²) in [7, 11) is 0. The molecule has 0 aliphatic heterocycles.